The summed E-state index contributed by atoms with van der Waals surface area (Å²) in [6.07, 6.45) is 0.211. The number of carboxylic acid groups (broad SMARTS) is 1. The Morgan fingerprint density at radius 2 is 2.40 bits per heavy atom. The summed E-state index contributed by atoms with van der Waals surface area (Å²) in [6, 6.07) is 0. The summed E-state index contributed by atoms with van der Waals surface area (Å²) in [5.41, 5.74) is -1.57. The van der Waals surface area contributed by atoms with Gasteiger partial charge in [0.15, 0.2) is 5.78 Å². The number of aliphatic carboxylic acids is 1. The second kappa shape index (κ2) is 2.05. The molecular formula is C6H8O4. The van der Waals surface area contributed by atoms with Gasteiger partial charge in [0.1, 0.15) is 0 Å². The third-order valence-electron chi connectivity index (χ3n) is 1.66. The minimum absolute atomic E-state index is 0.211. The van der Waals surface area contributed by atoms with Crippen LogP contribution in [0.25, 0.3) is 0 Å². The molecule has 0 amide bonds. The van der Waals surface area contributed by atoms with Gasteiger partial charge >= 0.3 is 5.97 Å². The molecule has 0 radical (unpaired) electrons. The number of carbonyl (C=O) groups excluding carboxylic acids is 1. The SMILES string of the molecule is CC1(C(=O)O)OCCC1=O. The molecule has 10 heavy (non-hydrogen) atoms. The minimum atomic E-state index is -1.57. The Morgan fingerprint density at radius 3 is 2.60 bits per heavy atom. The van der Waals surface area contributed by atoms with Crippen molar-refractivity contribution in [1.82, 2.24) is 0 Å². The van der Waals surface area contributed by atoms with Crippen molar-refractivity contribution >= 4 is 11.8 Å². The van der Waals surface area contributed by atoms with Crippen LogP contribution < -0.4 is 0 Å². The van der Waals surface area contributed by atoms with Crippen LogP contribution >= 0.6 is 0 Å². The second-order valence-corrected chi connectivity index (χ2v) is 2.36. The molecule has 4 nitrogen and oxygen atoms in total. The lowest BCUT2D eigenvalue weighted by molar-refractivity contribution is -0.161. The van der Waals surface area contributed by atoms with Gasteiger partial charge in [-0.2, -0.15) is 0 Å². The number of rotatable bonds is 1. The maximum atomic E-state index is 10.8. The van der Waals surface area contributed by atoms with Gasteiger partial charge in [-0.25, -0.2) is 4.79 Å². The Hall–Kier alpha value is -0.900. The first-order valence-corrected chi connectivity index (χ1v) is 2.98. The largest absolute Gasteiger partial charge is 0.479 e. The topological polar surface area (TPSA) is 63.6 Å². The Balaban J connectivity index is 2.86. The predicted molar refractivity (Wildman–Crippen MR) is 31.6 cm³/mol. The summed E-state index contributed by atoms with van der Waals surface area (Å²) in [7, 11) is 0. The van der Waals surface area contributed by atoms with Crippen LogP contribution in [0.4, 0.5) is 0 Å². The average Bonchev–Trinajstić information content (AvgIpc) is 2.15. The van der Waals surface area contributed by atoms with Crippen LogP contribution in [0.5, 0.6) is 0 Å². The summed E-state index contributed by atoms with van der Waals surface area (Å²) in [5.74, 6) is -1.55. The van der Waals surface area contributed by atoms with E-state index in [-0.39, 0.29) is 18.8 Å². The molecule has 1 saturated heterocycles. The number of ether oxygens (including phenoxy) is 1. The highest BCUT2D eigenvalue weighted by Crippen LogP contribution is 2.20. The summed E-state index contributed by atoms with van der Waals surface area (Å²) < 4.78 is 4.77. The van der Waals surface area contributed by atoms with E-state index >= 15 is 0 Å². The van der Waals surface area contributed by atoms with Crippen molar-refractivity contribution in [3.05, 3.63) is 0 Å². The van der Waals surface area contributed by atoms with E-state index in [0.29, 0.717) is 0 Å². The molecule has 0 aliphatic carbocycles. The van der Waals surface area contributed by atoms with Crippen LogP contribution in [0.2, 0.25) is 0 Å². The van der Waals surface area contributed by atoms with Crippen molar-refractivity contribution < 1.29 is 19.4 Å². The van der Waals surface area contributed by atoms with Gasteiger partial charge in [0.05, 0.1) is 6.61 Å². The van der Waals surface area contributed by atoms with Crippen LogP contribution in [0.15, 0.2) is 0 Å². The monoisotopic (exact) mass is 144 g/mol. The van der Waals surface area contributed by atoms with Crippen LogP contribution in [0.3, 0.4) is 0 Å². The lowest BCUT2D eigenvalue weighted by Crippen LogP contribution is -2.40. The molecule has 1 aliphatic rings. The molecule has 1 atom stereocenters. The standard InChI is InChI=1S/C6H8O4/c1-6(5(8)9)4(7)2-3-10-6/h2-3H2,1H3,(H,8,9). The first-order valence-electron chi connectivity index (χ1n) is 2.98. The third kappa shape index (κ3) is 0.806. The first kappa shape index (κ1) is 7.21. The highest BCUT2D eigenvalue weighted by Gasteiger charge is 2.45. The number of hydrogen-bond acceptors (Lipinski definition) is 3. The fourth-order valence-electron chi connectivity index (χ4n) is 0.848. The number of ketones is 1. The Kier molecular flexibility index (Phi) is 1.48. The number of carboxylic acids is 1. The van der Waals surface area contributed by atoms with Gasteiger partial charge in [0, 0.05) is 6.42 Å². The number of hydrogen-bond donors (Lipinski definition) is 1. The average molecular weight is 144 g/mol. The summed E-state index contributed by atoms with van der Waals surface area (Å²) >= 11 is 0. The summed E-state index contributed by atoms with van der Waals surface area (Å²) in [6.45, 7) is 1.51. The molecule has 1 heterocycles. The molecule has 1 N–H and O–H groups in total. The molecule has 0 aromatic rings. The zero-order valence-electron chi connectivity index (χ0n) is 5.59. The predicted octanol–water partition coefficient (Wildman–Crippen LogP) is -0.181. The molecule has 0 aromatic heterocycles. The Labute approximate surface area is 57.8 Å². The fraction of sp³-hybridized carbons (Fsp3) is 0.667. The zero-order chi connectivity index (χ0) is 7.78. The normalized spacial score (nSPS) is 32.7. The quantitative estimate of drug-likeness (QED) is 0.518. The molecule has 0 aromatic carbocycles. The maximum Gasteiger partial charge on any atom is 0.343 e. The zero-order valence-corrected chi connectivity index (χ0v) is 5.59. The van der Waals surface area contributed by atoms with E-state index in [1.807, 2.05) is 0 Å². The molecule has 1 fully saturated rings. The first-order chi connectivity index (χ1) is 4.57. The minimum Gasteiger partial charge on any atom is -0.479 e. The number of carbonyl (C=O) groups is 2. The molecule has 56 valence electrons. The van der Waals surface area contributed by atoms with Crippen molar-refractivity contribution in [2.45, 2.75) is 18.9 Å². The molecular weight excluding hydrogens is 136 g/mol. The van der Waals surface area contributed by atoms with Crippen LogP contribution in [-0.4, -0.2) is 29.1 Å². The lowest BCUT2D eigenvalue weighted by atomic mass is 10.0. The summed E-state index contributed by atoms with van der Waals surface area (Å²) in [5, 5.41) is 8.50. The molecule has 1 rings (SSSR count). The van der Waals surface area contributed by atoms with E-state index in [4.69, 9.17) is 9.84 Å². The third-order valence-corrected chi connectivity index (χ3v) is 1.66. The molecule has 4 heteroatoms. The van der Waals surface area contributed by atoms with Crippen molar-refractivity contribution in [3.8, 4) is 0 Å². The molecule has 0 bridgehead atoms. The maximum absolute atomic E-state index is 10.8. The molecule has 0 spiro atoms. The van der Waals surface area contributed by atoms with E-state index in [0.717, 1.165) is 0 Å². The highest BCUT2D eigenvalue weighted by molar-refractivity contribution is 6.07. The van der Waals surface area contributed by atoms with E-state index in [2.05, 4.69) is 0 Å². The van der Waals surface area contributed by atoms with Crippen molar-refractivity contribution in [2.24, 2.45) is 0 Å². The van der Waals surface area contributed by atoms with E-state index in [9.17, 15) is 9.59 Å². The molecule has 0 saturated carbocycles. The van der Waals surface area contributed by atoms with E-state index in [1.54, 1.807) is 0 Å². The summed E-state index contributed by atoms with van der Waals surface area (Å²) in [4.78, 5) is 21.2. The lowest BCUT2D eigenvalue weighted by Gasteiger charge is -2.14. The molecule has 1 unspecified atom stereocenters. The Morgan fingerprint density at radius 1 is 1.80 bits per heavy atom. The highest BCUT2D eigenvalue weighted by atomic mass is 16.5. The van der Waals surface area contributed by atoms with Crippen LogP contribution in [0, 0.1) is 0 Å². The Bertz CT molecular complexity index is 186. The second-order valence-electron chi connectivity index (χ2n) is 2.36. The van der Waals surface area contributed by atoms with Crippen molar-refractivity contribution in [1.29, 1.82) is 0 Å². The van der Waals surface area contributed by atoms with Gasteiger partial charge < -0.3 is 9.84 Å². The van der Waals surface area contributed by atoms with Gasteiger partial charge in [0.25, 0.3) is 0 Å². The fourth-order valence-corrected chi connectivity index (χ4v) is 0.848. The van der Waals surface area contributed by atoms with Crippen molar-refractivity contribution in [2.75, 3.05) is 6.61 Å². The van der Waals surface area contributed by atoms with Gasteiger partial charge in [-0.15, -0.1) is 0 Å². The van der Waals surface area contributed by atoms with Crippen LogP contribution in [-0.2, 0) is 14.3 Å². The van der Waals surface area contributed by atoms with Gasteiger partial charge in [0.2, 0.25) is 5.60 Å². The van der Waals surface area contributed by atoms with E-state index in [1.165, 1.54) is 6.92 Å². The van der Waals surface area contributed by atoms with E-state index < -0.39 is 11.6 Å². The van der Waals surface area contributed by atoms with Crippen LogP contribution in [0.1, 0.15) is 13.3 Å². The number of Topliss-reactive ketones (excluding diaryl/α,β-unsaturated/α-hetero) is 1. The van der Waals surface area contributed by atoms with Gasteiger partial charge in [-0.3, -0.25) is 4.79 Å². The van der Waals surface area contributed by atoms with Gasteiger partial charge in [-0.1, -0.05) is 0 Å². The van der Waals surface area contributed by atoms with Crippen molar-refractivity contribution in [3.63, 3.8) is 0 Å². The van der Waals surface area contributed by atoms with Gasteiger partial charge in [-0.05, 0) is 6.92 Å². The molecule has 1 aliphatic heterocycles. The smallest absolute Gasteiger partial charge is 0.343 e.